The fraction of sp³-hybridized carbons (Fsp3) is 0. The molecule has 1 heterocycles. The second-order valence-corrected chi connectivity index (χ2v) is 6.51. The van der Waals surface area contributed by atoms with Crippen LogP contribution in [0.15, 0.2) is 84.9 Å². The number of hydrogen-bond acceptors (Lipinski definition) is 3. The first-order valence-electron chi connectivity index (χ1n) is 8.70. The Kier molecular flexibility index (Phi) is 3.41. The number of esters is 2. The van der Waals surface area contributed by atoms with E-state index in [9.17, 15) is 9.59 Å². The summed E-state index contributed by atoms with van der Waals surface area (Å²) in [6.45, 7) is 0. The third kappa shape index (κ3) is 2.44. The number of fused-ring (bicyclic) bond motifs is 1. The highest BCUT2D eigenvalue weighted by molar-refractivity contribution is 6.22. The van der Waals surface area contributed by atoms with E-state index < -0.39 is 11.9 Å². The van der Waals surface area contributed by atoms with Gasteiger partial charge in [0.1, 0.15) is 0 Å². The third-order valence-corrected chi connectivity index (χ3v) is 4.95. The summed E-state index contributed by atoms with van der Waals surface area (Å²) in [7, 11) is 0. The maximum atomic E-state index is 10.8. The lowest BCUT2D eigenvalue weighted by molar-refractivity contribution is 0.0444. The van der Waals surface area contributed by atoms with Crippen molar-refractivity contribution in [2.45, 2.75) is 0 Å². The molecule has 0 atom stereocenters. The van der Waals surface area contributed by atoms with Crippen molar-refractivity contribution in [1.29, 1.82) is 0 Å². The van der Waals surface area contributed by atoms with Crippen molar-refractivity contribution in [3.05, 3.63) is 96.1 Å². The quantitative estimate of drug-likeness (QED) is 0.208. The summed E-state index contributed by atoms with van der Waals surface area (Å²) in [5.41, 5.74) is 0.718. The zero-order valence-electron chi connectivity index (χ0n) is 14.3. The summed E-state index contributed by atoms with van der Waals surface area (Å²) in [6, 6.07) is 28.4. The molecule has 5 aromatic carbocycles. The highest BCUT2D eigenvalue weighted by atomic mass is 16.6. The minimum absolute atomic E-state index is 0.359. The number of carbonyl (C=O) groups is 2. The molecule has 0 saturated heterocycles. The number of carbonyl (C=O) groups excluding carboxylic acids is 2. The Morgan fingerprint density at radius 3 is 1.19 bits per heavy atom. The molecule has 0 bridgehead atoms. The third-order valence-electron chi connectivity index (χ3n) is 4.95. The lowest BCUT2D eigenvalue weighted by atomic mass is 9.95. The van der Waals surface area contributed by atoms with Crippen LogP contribution >= 0.6 is 0 Å². The summed E-state index contributed by atoms with van der Waals surface area (Å²) >= 11 is 0. The van der Waals surface area contributed by atoms with Crippen LogP contribution in [-0.4, -0.2) is 11.9 Å². The number of rotatable bonds is 0. The monoisotopic (exact) mass is 350 g/mol. The standard InChI is InChI=1S/C16H10.C8H4O3/c1-3-11-7-9-13-5-2-6-14-10-8-12(4-1)15(11)16(13)14;9-7-5-3-1-2-4-6(5)8(10)11-7/h1-10H;1-4H. The second kappa shape index (κ2) is 5.92. The summed E-state index contributed by atoms with van der Waals surface area (Å²) in [5, 5.41) is 8.14. The van der Waals surface area contributed by atoms with E-state index in [0.717, 1.165) is 0 Å². The van der Waals surface area contributed by atoms with Gasteiger partial charge in [-0.25, -0.2) is 9.59 Å². The molecule has 0 fully saturated rings. The largest absolute Gasteiger partial charge is 0.386 e. The van der Waals surface area contributed by atoms with Crippen LogP contribution in [0.2, 0.25) is 0 Å². The van der Waals surface area contributed by atoms with Gasteiger partial charge in [-0.15, -0.1) is 0 Å². The van der Waals surface area contributed by atoms with Gasteiger partial charge in [0.2, 0.25) is 0 Å². The summed E-state index contributed by atoms with van der Waals surface area (Å²) in [6.07, 6.45) is 0. The van der Waals surface area contributed by atoms with Gasteiger partial charge in [-0.2, -0.15) is 0 Å². The van der Waals surface area contributed by atoms with Gasteiger partial charge in [0.15, 0.2) is 0 Å². The van der Waals surface area contributed by atoms with Gasteiger partial charge in [-0.05, 0) is 44.5 Å². The predicted molar refractivity (Wildman–Crippen MR) is 106 cm³/mol. The maximum absolute atomic E-state index is 10.8. The van der Waals surface area contributed by atoms with Gasteiger partial charge < -0.3 is 4.74 Å². The Labute approximate surface area is 155 Å². The Balaban J connectivity index is 0.000000128. The molecule has 3 nitrogen and oxygen atoms in total. The van der Waals surface area contributed by atoms with Crippen molar-refractivity contribution < 1.29 is 14.3 Å². The first kappa shape index (κ1) is 15.5. The van der Waals surface area contributed by atoms with Crippen LogP contribution in [0, 0.1) is 0 Å². The van der Waals surface area contributed by atoms with Gasteiger partial charge in [-0.3, -0.25) is 0 Å². The zero-order chi connectivity index (χ0) is 18.4. The predicted octanol–water partition coefficient (Wildman–Crippen LogP) is 5.58. The van der Waals surface area contributed by atoms with Crippen LogP contribution in [0.5, 0.6) is 0 Å². The molecule has 27 heavy (non-hydrogen) atoms. The Bertz CT molecular complexity index is 1170. The van der Waals surface area contributed by atoms with Crippen molar-refractivity contribution in [3.63, 3.8) is 0 Å². The topological polar surface area (TPSA) is 43.4 Å². The molecule has 5 aromatic rings. The van der Waals surface area contributed by atoms with Crippen LogP contribution in [0.25, 0.3) is 32.3 Å². The fourth-order valence-corrected chi connectivity index (χ4v) is 3.70. The van der Waals surface area contributed by atoms with Crippen molar-refractivity contribution in [2.24, 2.45) is 0 Å². The van der Waals surface area contributed by atoms with E-state index in [4.69, 9.17) is 0 Å². The SMILES string of the molecule is O=C1OC(=O)c2ccccc21.c1cc2ccc3cccc4ccc(c1)c2c34. The molecular weight excluding hydrogens is 336 g/mol. The van der Waals surface area contributed by atoms with Crippen LogP contribution in [0.1, 0.15) is 20.7 Å². The first-order chi connectivity index (χ1) is 13.2. The normalized spacial score (nSPS) is 12.9. The average Bonchev–Trinajstić information content (AvgIpc) is 3.01. The number of benzene rings is 5. The van der Waals surface area contributed by atoms with E-state index in [-0.39, 0.29) is 0 Å². The molecule has 3 heteroatoms. The smallest absolute Gasteiger partial charge is 0.346 e. The Morgan fingerprint density at radius 2 is 0.815 bits per heavy atom. The van der Waals surface area contributed by atoms with E-state index >= 15 is 0 Å². The van der Waals surface area contributed by atoms with Crippen molar-refractivity contribution in [3.8, 4) is 0 Å². The van der Waals surface area contributed by atoms with Gasteiger partial charge in [0, 0.05) is 0 Å². The lowest BCUT2D eigenvalue weighted by Gasteiger charge is -2.09. The van der Waals surface area contributed by atoms with E-state index in [1.165, 1.54) is 32.3 Å². The van der Waals surface area contributed by atoms with E-state index in [2.05, 4.69) is 65.4 Å². The Morgan fingerprint density at radius 1 is 0.444 bits per heavy atom. The molecule has 0 unspecified atom stereocenters. The molecule has 6 rings (SSSR count). The molecule has 0 spiro atoms. The molecule has 0 amide bonds. The molecule has 0 aromatic heterocycles. The minimum Gasteiger partial charge on any atom is -0.386 e. The van der Waals surface area contributed by atoms with Crippen molar-refractivity contribution in [2.75, 3.05) is 0 Å². The molecular formula is C24H14O3. The number of hydrogen-bond donors (Lipinski definition) is 0. The van der Waals surface area contributed by atoms with Crippen LogP contribution in [-0.2, 0) is 4.74 Å². The van der Waals surface area contributed by atoms with E-state index in [1.54, 1.807) is 24.3 Å². The zero-order valence-corrected chi connectivity index (χ0v) is 14.3. The minimum atomic E-state index is -0.550. The maximum Gasteiger partial charge on any atom is 0.346 e. The second-order valence-electron chi connectivity index (χ2n) is 6.51. The van der Waals surface area contributed by atoms with Crippen LogP contribution in [0.3, 0.4) is 0 Å². The average molecular weight is 350 g/mol. The van der Waals surface area contributed by atoms with E-state index in [0.29, 0.717) is 11.1 Å². The highest BCUT2D eigenvalue weighted by Gasteiger charge is 2.28. The van der Waals surface area contributed by atoms with E-state index in [1.807, 2.05) is 0 Å². The molecule has 0 aliphatic carbocycles. The molecule has 1 aliphatic rings. The lowest BCUT2D eigenvalue weighted by Crippen LogP contribution is -1.96. The van der Waals surface area contributed by atoms with Gasteiger partial charge in [0.25, 0.3) is 0 Å². The Hall–Kier alpha value is -3.72. The van der Waals surface area contributed by atoms with Crippen molar-refractivity contribution in [1.82, 2.24) is 0 Å². The molecule has 0 saturated carbocycles. The van der Waals surface area contributed by atoms with Crippen LogP contribution < -0.4 is 0 Å². The molecule has 1 aliphatic heterocycles. The van der Waals surface area contributed by atoms with Gasteiger partial charge >= 0.3 is 11.9 Å². The summed E-state index contributed by atoms with van der Waals surface area (Å²) in [5.74, 6) is -1.10. The van der Waals surface area contributed by atoms with Crippen molar-refractivity contribution >= 4 is 44.3 Å². The van der Waals surface area contributed by atoms with Gasteiger partial charge in [0.05, 0.1) is 11.1 Å². The van der Waals surface area contributed by atoms with Crippen LogP contribution in [0.4, 0.5) is 0 Å². The number of cyclic esters (lactones) is 2. The first-order valence-corrected chi connectivity index (χ1v) is 8.70. The number of ether oxygens (including phenoxy) is 1. The summed E-state index contributed by atoms with van der Waals surface area (Å²) in [4.78, 5) is 21.7. The molecule has 0 radical (unpaired) electrons. The summed E-state index contributed by atoms with van der Waals surface area (Å²) < 4.78 is 4.35. The molecule has 128 valence electrons. The van der Waals surface area contributed by atoms with Gasteiger partial charge in [-0.1, -0.05) is 72.8 Å². The molecule has 0 N–H and O–H groups in total. The highest BCUT2D eigenvalue weighted by Crippen LogP contribution is 2.33. The fourth-order valence-electron chi connectivity index (χ4n) is 3.70.